The van der Waals surface area contributed by atoms with Crippen LogP contribution in [0.1, 0.15) is 43.0 Å². The molecular weight excluding hydrogens is 280 g/mol. The van der Waals surface area contributed by atoms with Gasteiger partial charge in [-0.25, -0.2) is 9.97 Å². The molecule has 0 saturated carbocycles. The zero-order valence-corrected chi connectivity index (χ0v) is 13.0. The molecule has 5 heteroatoms. The summed E-state index contributed by atoms with van der Waals surface area (Å²) in [6.45, 7) is 4.07. The minimum Gasteiger partial charge on any atom is -0.371 e. The van der Waals surface area contributed by atoms with Crippen LogP contribution in [0.5, 0.6) is 0 Å². The summed E-state index contributed by atoms with van der Waals surface area (Å²) in [7, 11) is 1.69. The lowest BCUT2D eigenvalue weighted by Gasteiger charge is -2.24. The summed E-state index contributed by atoms with van der Waals surface area (Å²) in [4.78, 5) is 11.7. The molecule has 1 atom stereocenters. The number of halogens is 1. The third-order valence-electron chi connectivity index (χ3n) is 4.12. The maximum atomic E-state index is 6.41. The van der Waals surface area contributed by atoms with Gasteiger partial charge >= 0.3 is 0 Å². The maximum Gasteiger partial charge on any atom is 0.163 e. The average molecular weight is 297 g/mol. The standard InChI is InChI=1S/C14H17ClN2OS/c1-4-14(2,18-3)13-16-11(15)10-8-6-5-7-9(8)19-12(10)17-13/h4-7H2,1-3H3. The second-order valence-corrected chi connectivity index (χ2v) is 6.61. The van der Waals surface area contributed by atoms with Gasteiger partial charge in [-0.15, -0.1) is 11.3 Å². The van der Waals surface area contributed by atoms with Crippen LogP contribution in [0.15, 0.2) is 0 Å². The molecule has 1 unspecified atom stereocenters. The Labute approximate surface area is 122 Å². The zero-order chi connectivity index (χ0) is 13.6. The molecular formula is C14H17ClN2OS. The molecule has 0 spiro atoms. The molecule has 2 heterocycles. The van der Waals surface area contributed by atoms with Crippen molar-refractivity contribution in [1.29, 1.82) is 0 Å². The van der Waals surface area contributed by atoms with Crippen molar-refractivity contribution in [1.82, 2.24) is 9.97 Å². The van der Waals surface area contributed by atoms with Crippen LogP contribution in [-0.4, -0.2) is 17.1 Å². The van der Waals surface area contributed by atoms with Crippen LogP contribution in [0.4, 0.5) is 0 Å². The van der Waals surface area contributed by atoms with Gasteiger partial charge in [-0.05, 0) is 38.2 Å². The number of aromatic nitrogens is 2. The molecule has 2 aromatic rings. The van der Waals surface area contributed by atoms with Gasteiger partial charge in [0.25, 0.3) is 0 Å². The number of hydrogen-bond acceptors (Lipinski definition) is 4. The van der Waals surface area contributed by atoms with Crippen molar-refractivity contribution in [3.8, 4) is 0 Å². The first-order chi connectivity index (χ1) is 9.09. The molecule has 0 amide bonds. The lowest BCUT2D eigenvalue weighted by Crippen LogP contribution is -2.26. The molecule has 0 aromatic carbocycles. The molecule has 19 heavy (non-hydrogen) atoms. The Morgan fingerprint density at radius 1 is 1.37 bits per heavy atom. The summed E-state index contributed by atoms with van der Waals surface area (Å²) < 4.78 is 5.58. The molecule has 1 aliphatic carbocycles. The Balaban J connectivity index is 2.21. The fraction of sp³-hybridized carbons (Fsp3) is 0.571. The normalized spacial score (nSPS) is 17.7. The van der Waals surface area contributed by atoms with Crippen molar-refractivity contribution in [2.45, 2.75) is 45.1 Å². The number of aryl methyl sites for hydroxylation is 2. The third kappa shape index (κ3) is 1.97. The van der Waals surface area contributed by atoms with E-state index in [9.17, 15) is 0 Å². The summed E-state index contributed by atoms with van der Waals surface area (Å²) in [5, 5.41) is 1.65. The van der Waals surface area contributed by atoms with E-state index < -0.39 is 5.60 Å². The molecule has 1 aliphatic rings. The average Bonchev–Trinajstić information content (AvgIpc) is 2.97. The van der Waals surface area contributed by atoms with Gasteiger partial charge in [-0.3, -0.25) is 0 Å². The van der Waals surface area contributed by atoms with Crippen molar-refractivity contribution in [2.75, 3.05) is 7.11 Å². The highest BCUT2D eigenvalue weighted by Gasteiger charge is 2.30. The molecule has 0 N–H and O–H groups in total. The van der Waals surface area contributed by atoms with Crippen LogP contribution in [0, 0.1) is 0 Å². The summed E-state index contributed by atoms with van der Waals surface area (Å²) in [6, 6.07) is 0. The molecule has 0 saturated heterocycles. The van der Waals surface area contributed by atoms with E-state index in [-0.39, 0.29) is 0 Å². The Morgan fingerprint density at radius 2 is 2.16 bits per heavy atom. The van der Waals surface area contributed by atoms with Crippen LogP contribution in [0.25, 0.3) is 10.2 Å². The number of ether oxygens (including phenoxy) is 1. The van der Waals surface area contributed by atoms with Crippen LogP contribution >= 0.6 is 22.9 Å². The molecule has 0 fully saturated rings. The van der Waals surface area contributed by atoms with Crippen molar-refractivity contribution < 1.29 is 4.74 Å². The molecule has 102 valence electrons. The highest BCUT2D eigenvalue weighted by molar-refractivity contribution is 7.19. The Kier molecular flexibility index (Phi) is 3.28. The van der Waals surface area contributed by atoms with Crippen molar-refractivity contribution in [3.05, 3.63) is 21.4 Å². The molecule has 3 nitrogen and oxygen atoms in total. The van der Waals surface area contributed by atoms with Gasteiger partial charge in [0.2, 0.25) is 0 Å². The molecule has 0 radical (unpaired) electrons. The minimum absolute atomic E-state index is 0.466. The van der Waals surface area contributed by atoms with Crippen LogP contribution in [-0.2, 0) is 23.2 Å². The maximum absolute atomic E-state index is 6.41. The van der Waals surface area contributed by atoms with Crippen LogP contribution in [0.2, 0.25) is 5.15 Å². The van der Waals surface area contributed by atoms with Crippen LogP contribution < -0.4 is 0 Å². The van der Waals surface area contributed by atoms with Crippen molar-refractivity contribution in [3.63, 3.8) is 0 Å². The smallest absolute Gasteiger partial charge is 0.163 e. The fourth-order valence-electron chi connectivity index (χ4n) is 2.58. The largest absolute Gasteiger partial charge is 0.371 e. The number of methoxy groups -OCH3 is 1. The van der Waals surface area contributed by atoms with E-state index in [0.717, 1.165) is 29.5 Å². The van der Waals surface area contributed by atoms with E-state index in [2.05, 4.69) is 11.9 Å². The number of rotatable bonds is 3. The van der Waals surface area contributed by atoms with Gasteiger partial charge in [0, 0.05) is 12.0 Å². The first-order valence-corrected chi connectivity index (χ1v) is 7.82. The van der Waals surface area contributed by atoms with Gasteiger partial charge in [0.1, 0.15) is 15.6 Å². The number of hydrogen-bond donors (Lipinski definition) is 0. The van der Waals surface area contributed by atoms with E-state index >= 15 is 0 Å². The number of thiophene rings is 1. The van der Waals surface area contributed by atoms with Gasteiger partial charge in [-0.1, -0.05) is 18.5 Å². The van der Waals surface area contributed by atoms with Gasteiger partial charge in [0.15, 0.2) is 5.82 Å². The minimum atomic E-state index is -0.466. The first-order valence-electron chi connectivity index (χ1n) is 6.62. The Bertz CT molecular complexity index is 634. The highest BCUT2D eigenvalue weighted by Crippen LogP contribution is 2.40. The number of nitrogens with zero attached hydrogens (tertiary/aromatic N) is 2. The summed E-state index contributed by atoms with van der Waals surface area (Å²) in [5.41, 5.74) is 0.902. The van der Waals surface area contributed by atoms with Crippen molar-refractivity contribution >= 4 is 33.2 Å². The molecule has 0 bridgehead atoms. The molecule has 3 rings (SSSR count). The van der Waals surface area contributed by atoms with E-state index in [1.54, 1.807) is 18.4 Å². The second-order valence-electron chi connectivity index (χ2n) is 5.16. The van der Waals surface area contributed by atoms with Crippen molar-refractivity contribution in [2.24, 2.45) is 0 Å². The predicted octanol–water partition coefficient (Wildman–Crippen LogP) is 4.11. The van der Waals surface area contributed by atoms with Crippen LogP contribution in [0.3, 0.4) is 0 Å². The summed E-state index contributed by atoms with van der Waals surface area (Å²) in [6.07, 6.45) is 4.29. The van der Waals surface area contributed by atoms with Gasteiger partial charge < -0.3 is 4.74 Å². The lowest BCUT2D eigenvalue weighted by atomic mass is 10.0. The van der Waals surface area contributed by atoms with E-state index in [1.807, 2.05) is 6.92 Å². The fourth-order valence-corrected chi connectivity index (χ4v) is 4.18. The molecule has 2 aromatic heterocycles. The molecule has 0 aliphatic heterocycles. The van der Waals surface area contributed by atoms with Gasteiger partial charge in [-0.2, -0.15) is 0 Å². The monoisotopic (exact) mass is 296 g/mol. The lowest BCUT2D eigenvalue weighted by molar-refractivity contribution is -0.00864. The second kappa shape index (κ2) is 4.69. The van der Waals surface area contributed by atoms with E-state index in [4.69, 9.17) is 21.3 Å². The zero-order valence-electron chi connectivity index (χ0n) is 11.4. The van der Waals surface area contributed by atoms with Gasteiger partial charge in [0.05, 0.1) is 5.39 Å². The SMILES string of the molecule is CCC(C)(OC)c1nc(Cl)c2c3c(sc2n1)CCC3. The highest BCUT2D eigenvalue weighted by atomic mass is 35.5. The summed E-state index contributed by atoms with van der Waals surface area (Å²) >= 11 is 8.17. The third-order valence-corrected chi connectivity index (χ3v) is 5.58. The summed E-state index contributed by atoms with van der Waals surface area (Å²) in [5.74, 6) is 0.690. The van der Waals surface area contributed by atoms with E-state index in [0.29, 0.717) is 11.0 Å². The first kappa shape index (κ1) is 13.3. The topological polar surface area (TPSA) is 35.0 Å². The Morgan fingerprint density at radius 3 is 2.84 bits per heavy atom. The quantitative estimate of drug-likeness (QED) is 0.800. The van der Waals surface area contributed by atoms with E-state index in [1.165, 1.54) is 16.9 Å². The Hall–Kier alpha value is -0.710. The predicted molar refractivity (Wildman–Crippen MR) is 79.1 cm³/mol. The number of fused-ring (bicyclic) bond motifs is 3.